The van der Waals surface area contributed by atoms with Gasteiger partial charge in [0.15, 0.2) is 5.96 Å². The van der Waals surface area contributed by atoms with Gasteiger partial charge in [-0.3, -0.25) is 4.99 Å². The van der Waals surface area contributed by atoms with Crippen molar-refractivity contribution in [3.05, 3.63) is 24.3 Å². The highest BCUT2D eigenvalue weighted by Crippen LogP contribution is 2.18. The predicted molar refractivity (Wildman–Crippen MR) is 114 cm³/mol. The van der Waals surface area contributed by atoms with E-state index in [0.29, 0.717) is 12.6 Å². The highest BCUT2D eigenvalue weighted by Gasteiger charge is 2.19. The highest BCUT2D eigenvalue weighted by molar-refractivity contribution is 5.79. The molecule has 1 heterocycles. The van der Waals surface area contributed by atoms with E-state index in [-0.39, 0.29) is 0 Å². The van der Waals surface area contributed by atoms with Gasteiger partial charge in [-0.2, -0.15) is 0 Å². The Morgan fingerprint density at radius 1 is 1.14 bits per heavy atom. The van der Waals surface area contributed by atoms with Crippen molar-refractivity contribution in [1.82, 2.24) is 15.5 Å². The van der Waals surface area contributed by atoms with Crippen LogP contribution in [-0.4, -0.2) is 77.6 Å². The van der Waals surface area contributed by atoms with E-state index >= 15 is 0 Å². The number of guanidine groups is 1. The molecule has 0 aliphatic carbocycles. The number of rotatable bonds is 11. The van der Waals surface area contributed by atoms with Crippen LogP contribution in [0.2, 0.25) is 0 Å². The zero-order chi connectivity index (χ0) is 20.0. The second-order valence-corrected chi connectivity index (χ2v) is 6.99. The second-order valence-electron chi connectivity index (χ2n) is 6.99. The van der Waals surface area contributed by atoms with Gasteiger partial charge in [-0.05, 0) is 37.8 Å². The summed E-state index contributed by atoms with van der Waals surface area (Å²) < 4.78 is 16.1. The fourth-order valence-electron chi connectivity index (χ4n) is 3.28. The molecule has 2 N–H and O–H groups in total. The van der Waals surface area contributed by atoms with Crippen LogP contribution in [0.4, 0.5) is 0 Å². The van der Waals surface area contributed by atoms with Crippen molar-refractivity contribution in [3.8, 4) is 11.5 Å². The molecule has 1 saturated heterocycles. The Kier molecular flexibility index (Phi) is 10.5. The third-order valence-corrected chi connectivity index (χ3v) is 4.90. The van der Waals surface area contributed by atoms with Gasteiger partial charge in [-0.15, -0.1) is 0 Å². The molecule has 7 heteroatoms. The van der Waals surface area contributed by atoms with Crippen LogP contribution in [0.1, 0.15) is 25.7 Å². The molecular formula is C21H36N4O3. The van der Waals surface area contributed by atoms with Crippen molar-refractivity contribution in [1.29, 1.82) is 0 Å². The van der Waals surface area contributed by atoms with Crippen molar-refractivity contribution in [2.45, 2.75) is 31.7 Å². The van der Waals surface area contributed by atoms with Crippen molar-refractivity contribution in [2.75, 3.05) is 60.7 Å². The van der Waals surface area contributed by atoms with Crippen molar-refractivity contribution in [3.63, 3.8) is 0 Å². The van der Waals surface area contributed by atoms with Crippen LogP contribution in [0.15, 0.2) is 29.3 Å². The molecule has 0 amide bonds. The predicted octanol–water partition coefficient (Wildman–Crippen LogP) is 2.13. The molecule has 0 saturated carbocycles. The summed E-state index contributed by atoms with van der Waals surface area (Å²) >= 11 is 0. The van der Waals surface area contributed by atoms with Crippen LogP contribution in [0.5, 0.6) is 11.5 Å². The molecule has 0 bridgehead atoms. The Bertz CT molecular complexity index is 575. The van der Waals surface area contributed by atoms with Gasteiger partial charge >= 0.3 is 0 Å². The summed E-state index contributed by atoms with van der Waals surface area (Å²) in [6.45, 7) is 5.70. The number of aliphatic imine (C=N–C) groups is 1. The van der Waals surface area contributed by atoms with E-state index < -0.39 is 0 Å². The van der Waals surface area contributed by atoms with Crippen molar-refractivity contribution >= 4 is 5.96 Å². The summed E-state index contributed by atoms with van der Waals surface area (Å²) in [5, 5.41) is 6.93. The number of piperidine rings is 1. The van der Waals surface area contributed by atoms with Gasteiger partial charge in [-0.1, -0.05) is 6.07 Å². The topological polar surface area (TPSA) is 67.4 Å². The Balaban J connectivity index is 1.57. The normalized spacial score (nSPS) is 16.0. The molecule has 0 atom stereocenters. The molecule has 1 aliphatic heterocycles. The molecule has 2 rings (SSSR count). The van der Waals surface area contributed by atoms with Crippen molar-refractivity contribution in [2.24, 2.45) is 4.99 Å². The van der Waals surface area contributed by atoms with E-state index in [1.807, 2.05) is 31.3 Å². The molecule has 1 aromatic rings. The molecule has 7 nitrogen and oxygen atoms in total. The number of likely N-dealkylation sites (tertiary alicyclic amines) is 1. The standard InChI is InChI=1S/C21H36N4O3/c1-22-21(24-18-9-13-25(14-10-18)12-6-15-26-2)23-11-5-16-28-20-8-4-7-19(17-20)27-3/h4,7-8,17-18H,5-6,9-16H2,1-3H3,(H2,22,23,24). The van der Waals surface area contributed by atoms with Gasteiger partial charge in [0.2, 0.25) is 0 Å². The first-order valence-electron chi connectivity index (χ1n) is 10.2. The van der Waals surface area contributed by atoms with E-state index in [1.54, 1.807) is 14.2 Å². The molecule has 0 spiro atoms. The molecule has 1 fully saturated rings. The van der Waals surface area contributed by atoms with Crippen LogP contribution in [0, 0.1) is 0 Å². The van der Waals surface area contributed by atoms with Crippen LogP contribution in [0.3, 0.4) is 0 Å². The second kappa shape index (κ2) is 13.2. The highest BCUT2D eigenvalue weighted by atomic mass is 16.5. The molecule has 158 valence electrons. The fourth-order valence-corrected chi connectivity index (χ4v) is 3.28. The number of hydrogen-bond acceptors (Lipinski definition) is 5. The third kappa shape index (κ3) is 8.35. The Labute approximate surface area is 169 Å². The Morgan fingerprint density at radius 3 is 2.64 bits per heavy atom. The van der Waals surface area contributed by atoms with Crippen LogP contribution in [0.25, 0.3) is 0 Å². The maximum absolute atomic E-state index is 5.77. The average molecular weight is 393 g/mol. The molecule has 1 aliphatic rings. The monoisotopic (exact) mass is 392 g/mol. The first-order valence-corrected chi connectivity index (χ1v) is 10.2. The minimum atomic E-state index is 0.484. The summed E-state index contributed by atoms with van der Waals surface area (Å²) in [7, 11) is 5.24. The van der Waals surface area contributed by atoms with Gasteiger partial charge in [0.05, 0.1) is 13.7 Å². The summed E-state index contributed by atoms with van der Waals surface area (Å²) in [4.78, 5) is 6.86. The lowest BCUT2D eigenvalue weighted by Crippen LogP contribution is -2.49. The maximum atomic E-state index is 5.77. The minimum Gasteiger partial charge on any atom is -0.497 e. The molecule has 0 radical (unpaired) electrons. The smallest absolute Gasteiger partial charge is 0.191 e. The van der Waals surface area contributed by atoms with Crippen LogP contribution in [-0.2, 0) is 4.74 Å². The summed E-state index contributed by atoms with van der Waals surface area (Å²) in [6.07, 6.45) is 4.30. The number of benzene rings is 1. The molecular weight excluding hydrogens is 356 g/mol. The first-order chi connectivity index (χ1) is 13.7. The molecule has 1 aromatic carbocycles. The first kappa shape index (κ1) is 22.3. The zero-order valence-corrected chi connectivity index (χ0v) is 17.6. The van der Waals surface area contributed by atoms with Gasteiger partial charge in [0.25, 0.3) is 0 Å². The van der Waals surface area contributed by atoms with E-state index in [2.05, 4.69) is 20.5 Å². The summed E-state index contributed by atoms with van der Waals surface area (Å²) in [5.41, 5.74) is 0. The van der Waals surface area contributed by atoms with E-state index in [1.165, 1.54) is 0 Å². The summed E-state index contributed by atoms with van der Waals surface area (Å²) in [5.74, 6) is 2.52. The number of nitrogens with zero attached hydrogens (tertiary/aromatic N) is 2. The number of methoxy groups -OCH3 is 2. The van der Waals surface area contributed by atoms with E-state index in [0.717, 1.165) is 75.9 Å². The van der Waals surface area contributed by atoms with Crippen molar-refractivity contribution < 1.29 is 14.2 Å². The maximum Gasteiger partial charge on any atom is 0.191 e. The number of nitrogens with one attached hydrogen (secondary N) is 2. The average Bonchev–Trinajstić information content (AvgIpc) is 2.74. The minimum absolute atomic E-state index is 0.484. The Hall–Kier alpha value is -1.99. The van der Waals surface area contributed by atoms with Crippen LogP contribution >= 0.6 is 0 Å². The Morgan fingerprint density at radius 2 is 1.93 bits per heavy atom. The lowest BCUT2D eigenvalue weighted by atomic mass is 10.1. The van der Waals surface area contributed by atoms with Gasteiger partial charge in [0.1, 0.15) is 11.5 Å². The number of ether oxygens (including phenoxy) is 3. The molecule has 0 aromatic heterocycles. The summed E-state index contributed by atoms with van der Waals surface area (Å²) in [6, 6.07) is 8.17. The van der Waals surface area contributed by atoms with Crippen LogP contribution < -0.4 is 20.1 Å². The van der Waals surface area contributed by atoms with E-state index in [9.17, 15) is 0 Å². The zero-order valence-electron chi connectivity index (χ0n) is 17.6. The third-order valence-electron chi connectivity index (χ3n) is 4.90. The SMILES string of the molecule is CN=C(NCCCOc1cccc(OC)c1)NC1CCN(CCCOC)CC1. The van der Waals surface area contributed by atoms with Gasteiger partial charge in [-0.25, -0.2) is 0 Å². The van der Waals surface area contributed by atoms with Gasteiger partial charge < -0.3 is 29.7 Å². The van der Waals surface area contributed by atoms with E-state index in [4.69, 9.17) is 14.2 Å². The fraction of sp³-hybridized carbons (Fsp3) is 0.667. The molecule has 28 heavy (non-hydrogen) atoms. The number of hydrogen-bond donors (Lipinski definition) is 2. The molecule has 0 unspecified atom stereocenters. The lowest BCUT2D eigenvalue weighted by Gasteiger charge is -2.33. The quantitative estimate of drug-likeness (QED) is 0.342. The van der Waals surface area contributed by atoms with Gasteiger partial charge in [0, 0.05) is 59.1 Å². The largest absolute Gasteiger partial charge is 0.497 e. The lowest BCUT2D eigenvalue weighted by molar-refractivity contribution is 0.155.